The Morgan fingerprint density at radius 2 is 2.28 bits per heavy atom. The highest BCUT2D eigenvalue weighted by molar-refractivity contribution is 6.00. The van der Waals surface area contributed by atoms with E-state index >= 15 is 0 Å². The molecule has 1 unspecified atom stereocenters. The molecule has 0 aliphatic carbocycles. The van der Waals surface area contributed by atoms with Gasteiger partial charge in [0.15, 0.2) is 5.65 Å². The molecule has 0 aromatic carbocycles. The largest absolute Gasteiger partial charge is 0.330 e. The highest BCUT2D eigenvalue weighted by atomic mass is 35.5. The van der Waals surface area contributed by atoms with Crippen LogP contribution in [0.4, 0.5) is 5.82 Å². The van der Waals surface area contributed by atoms with Crippen LogP contribution in [0.5, 0.6) is 0 Å². The smallest absolute Gasteiger partial charge is 0.229 e. The van der Waals surface area contributed by atoms with Crippen LogP contribution in [-0.4, -0.2) is 32.4 Å². The minimum absolute atomic E-state index is 0. The normalized spacial score (nSPS) is 12.2. The molecule has 0 saturated carbocycles. The topological polar surface area (TPSA) is 102 Å². The number of aryl methyl sites for hydroxylation is 2. The van der Waals surface area contributed by atoms with E-state index in [-0.39, 0.29) is 24.2 Å². The monoisotopic (exact) mass is 272 g/mol. The minimum atomic E-state index is -0.231. The zero-order valence-electron chi connectivity index (χ0n) is 10.5. The summed E-state index contributed by atoms with van der Waals surface area (Å²) in [5.74, 6) is 0.225. The van der Waals surface area contributed by atoms with Crippen LogP contribution in [0.3, 0.4) is 0 Å². The van der Waals surface area contributed by atoms with Gasteiger partial charge in [-0.3, -0.25) is 9.89 Å². The Labute approximate surface area is 111 Å². The van der Waals surface area contributed by atoms with Crippen LogP contribution < -0.4 is 11.1 Å². The number of nitrogens with two attached hydrogens (primary N) is 1. The van der Waals surface area contributed by atoms with Crippen molar-refractivity contribution in [2.45, 2.75) is 13.8 Å². The molecule has 0 aliphatic heterocycles. The fourth-order valence-corrected chi connectivity index (χ4v) is 1.68. The van der Waals surface area contributed by atoms with E-state index < -0.39 is 0 Å². The summed E-state index contributed by atoms with van der Waals surface area (Å²) in [5, 5.41) is 14.8. The van der Waals surface area contributed by atoms with Gasteiger partial charge in [0, 0.05) is 19.5 Å². The molecule has 18 heavy (non-hydrogen) atoms. The first-order valence-electron chi connectivity index (χ1n) is 5.43. The first kappa shape index (κ1) is 14.5. The molecular formula is C10H17ClN6O. The van der Waals surface area contributed by atoms with E-state index in [1.54, 1.807) is 11.6 Å². The quantitative estimate of drug-likeness (QED) is 0.760. The molecule has 7 nitrogen and oxygen atoms in total. The van der Waals surface area contributed by atoms with Gasteiger partial charge in [0.05, 0.1) is 11.1 Å². The van der Waals surface area contributed by atoms with Crippen LogP contribution in [0.1, 0.15) is 12.6 Å². The summed E-state index contributed by atoms with van der Waals surface area (Å²) in [4.78, 5) is 11.7. The van der Waals surface area contributed by atoms with Gasteiger partial charge < -0.3 is 11.1 Å². The van der Waals surface area contributed by atoms with Gasteiger partial charge in [-0.05, 0) is 6.92 Å². The summed E-state index contributed by atoms with van der Waals surface area (Å²) in [5.41, 5.74) is 6.99. The molecule has 0 fully saturated rings. The highest BCUT2D eigenvalue weighted by Crippen LogP contribution is 2.23. The van der Waals surface area contributed by atoms with Gasteiger partial charge in [-0.2, -0.15) is 10.2 Å². The van der Waals surface area contributed by atoms with Crippen LogP contribution in [-0.2, 0) is 11.8 Å². The molecule has 4 N–H and O–H groups in total. The van der Waals surface area contributed by atoms with Gasteiger partial charge in [-0.25, -0.2) is 4.68 Å². The average Bonchev–Trinajstić information content (AvgIpc) is 2.82. The van der Waals surface area contributed by atoms with Crippen molar-refractivity contribution in [3.05, 3.63) is 5.69 Å². The molecule has 0 saturated heterocycles. The molecule has 8 heteroatoms. The number of fused-ring (bicyclic) bond motifs is 1. The number of amides is 1. The number of nitrogens with zero attached hydrogens (tertiary/aromatic N) is 3. The van der Waals surface area contributed by atoms with Crippen molar-refractivity contribution in [1.82, 2.24) is 20.0 Å². The number of aromatic amines is 1. The number of aromatic nitrogens is 4. The van der Waals surface area contributed by atoms with Crippen molar-refractivity contribution >= 4 is 35.2 Å². The first-order valence-corrected chi connectivity index (χ1v) is 5.43. The van der Waals surface area contributed by atoms with Crippen molar-refractivity contribution < 1.29 is 4.79 Å². The molecule has 0 radical (unpaired) electrons. The Morgan fingerprint density at radius 3 is 2.89 bits per heavy atom. The Bertz CT molecular complexity index is 560. The standard InChI is InChI=1S/C10H16N6O.ClH/c1-5(4-11)10(17)12-8-7-6(2)15-16(3)9(7)14-13-8;/h5H,4,11H2,1-3H3,(H2,12,13,14,17);1H. The molecule has 2 rings (SSSR count). The number of nitrogens with one attached hydrogen (secondary N) is 2. The number of halogens is 1. The summed E-state index contributed by atoms with van der Waals surface area (Å²) in [6.07, 6.45) is 0. The van der Waals surface area contributed by atoms with E-state index in [1.807, 2.05) is 14.0 Å². The summed E-state index contributed by atoms with van der Waals surface area (Å²) >= 11 is 0. The number of rotatable bonds is 3. The summed E-state index contributed by atoms with van der Waals surface area (Å²) in [6.45, 7) is 3.97. The molecule has 0 bridgehead atoms. The molecular weight excluding hydrogens is 256 g/mol. The highest BCUT2D eigenvalue weighted by Gasteiger charge is 2.17. The Hall–Kier alpha value is -1.60. The maximum absolute atomic E-state index is 11.7. The molecule has 0 spiro atoms. The van der Waals surface area contributed by atoms with Crippen LogP contribution in [0.2, 0.25) is 0 Å². The lowest BCUT2D eigenvalue weighted by Crippen LogP contribution is -2.26. The Morgan fingerprint density at radius 1 is 1.61 bits per heavy atom. The van der Waals surface area contributed by atoms with Crippen LogP contribution in [0.25, 0.3) is 11.0 Å². The predicted octanol–water partition coefficient (Wildman–Crippen LogP) is 0.560. The van der Waals surface area contributed by atoms with E-state index in [2.05, 4.69) is 20.6 Å². The number of hydrogen-bond donors (Lipinski definition) is 3. The zero-order chi connectivity index (χ0) is 12.6. The van der Waals surface area contributed by atoms with Gasteiger partial charge in [0.2, 0.25) is 5.91 Å². The Balaban J connectivity index is 0.00000162. The average molecular weight is 273 g/mol. The maximum Gasteiger partial charge on any atom is 0.229 e. The summed E-state index contributed by atoms with van der Waals surface area (Å²) in [6, 6.07) is 0. The second-order valence-electron chi connectivity index (χ2n) is 4.13. The fourth-order valence-electron chi connectivity index (χ4n) is 1.68. The minimum Gasteiger partial charge on any atom is -0.330 e. The second kappa shape index (κ2) is 5.36. The molecule has 1 amide bonds. The molecule has 2 aromatic rings. The van der Waals surface area contributed by atoms with Crippen molar-refractivity contribution in [2.24, 2.45) is 18.7 Å². The molecule has 0 aliphatic rings. The van der Waals surface area contributed by atoms with Gasteiger partial charge in [-0.15, -0.1) is 12.4 Å². The maximum atomic E-state index is 11.7. The fraction of sp³-hybridized carbons (Fsp3) is 0.500. The van der Waals surface area contributed by atoms with E-state index in [0.717, 1.165) is 16.7 Å². The molecule has 1 atom stereocenters. The van der Waals surface area contributed by atoms with E-state index in [9.17, 15) is 4.79 Å². The molecule has 100 valence electrons. The van der Waals surface area contributed by atoms with Crippen LogP contribution >= 0.6 is 12.4 Å². The number of H-pyrrole nitrogens is 1. The molecule has 2 heterocycles. The lowest BCUT2D eigenvalue weighted by Gasteiger charge is -2.07. The third-order valence-corrected chi connectivity index (χ3v) is 2.76. The summed E-state index contributed by atoms with van der Waals surface area (Å²) < 4.78 is 1.67. The van der Waals surface area contributed by atoms with E-state index in [0.29, 0.717) is 12.4 Å². The van der Waals surface area contributed by atoms with Crippen molar-refractivity contribution in [2.75, 3.05) is 11.9 Å². The number of carbonyl (C=O) groups is 1. The van der Waals surface area contributed by atoms with Crippen molar-refractivity contribution in [3.8, 4) is 0 Å². The Kier molecular flexibility index (Phi) is 4.31. The van der Waals surface area contributed by atoms with Crippen molar-refractivity contribution in [1.29, 1.82) is 0 Å². The van der Waals surface area contributed by atoms with Crippen molar-refractivity contribution in [3.63, 3.8) is 0 Å². The summed E-state index contributed by atoms with van der Waals surface area (Å²) in [7, 11) is 1.81. The van der Waals surface area contributed by atoms with E-state index in [4.69, 9.17) is 5.73 Å². The van der Waals surface area contributed by atoms with Gasteiger partial charge >= 0.3 is 0 Å². The zero-order valence-corrected chi connectivity index (χ0v) is 11.3. The third kappa shape index (κ3) is 2.32. The van der Waals surface area contributed by atoms with Gasteiger partial charge in [0.25, 0.3) is 0 Å². The van der Waals surface area contributed by atoms with Gasteiger partial charge in [0.1, 0.15) is 5.82 Å². The number of anilines is 1. The number of hydrogen-bond acceptors (Lipinski definition) is 4. The lowest BCUT2D eigenvalue weighted by atomic mass is 10.1. The van der Waals surface area contributed by atoms with Crippen LogP contribution in [0.15, 0.2) is 0 Å². The second-order valence-corrected chi connectivity index (χ2v) is 4.13. The van der Waals surface area contributed by atoms with Crippen LogP contribution in [0, 0.1) is 12.8 Å². The van der Waals surface area contributed by atoms with Gasteiger partial charge in [-0.1, -0.05) is 6.92 Å². The number of carbonyl (C=O) groups excluding carboxylic acids is 1. The first-order chi connectivity index (χ1) is 8.04. The molecule has 2 aromatic heterocycles. The van der Waals surface area contributed by atoms with E-state index in [1.165, 1.54) is 0 Å². The SMILES string of the molecule is Cc1nn(C)c2n[nH]c(NC(=O)C(C)CN)c12.Cl. The lowest BCUT2D eigenvalue weighted by molar-refractivity contribution is -0.119. The predicted molar refractivity (Wildman–Crippen MR) is 71.7 cm³/mol. The third-order valence-electron chi connectivity index (χ3n) is 2.76.